The molecule has 0 saturated carbocycles. The van der Waals surface area contributed by atoms with E-state index in [1.165, 1.54) is 31.0 Å². The number of ether oxygens (including phenoxy) is 2. The number of benzene rings is 2. The summed E-state index contributed by atoms with van der Waals surface area (Å²) < 4.78 is 25.2. The number of anilines is 2. The number of hydrogen-bond acceptors (Lipinski definition) is 5. The van der Waals surface area contributed by atoms with Crippen LogP contribution in [-0.2, 0) is 9.59 Å². The van der Waals surface area contributed by atoms with E-state index in [0.29, 0.717) is 34.1 Å². The molecule has 9 heteroatoms. The van der Waals surface area contributed by atoms with Crippen LogP contribution in [0.25, 0.3) is 11.1 Å². The third kappa shape index (κ3) is 3.57. The molecule has 1 atom stereocenters. The summed E-state index contributed by atoms with van der Waals surface area (Å²) in [5.41, 5.74) is 1.72. The van der Waals surface area contributed by atoms with Gasteiger partial charge < -0.3 is 20.1 Å². The van der Waals surface area contributed by atoms with E-state index in [2.05, 4.69) is 15.7 Å². The Kier molecular flexibility index (Phi) is 5.09. The van der Waals surface area contributed by atoms with E-state index in [4.69, 9.17) is 9.47 Å². The molecule has 0 radical (unpaired) electrons. The molecule has 0 bridgehead atoms. The van der Waals surface area contributed by atoms with Gasteiger partial charge in [0.15, 0.2) is 0 Å². The molecule has 0 fully saturated rings. The highest BCUT2D eigenvalue weighted by atomic mass is 19.1. The number of carbonyl (C=O) groups excluding carboxylic acids is 2. The molecule has 2 heterocycles. The second-order valence-corrected chi connectivity index (χ2v) is 6.68. The minimum atomic E-state index is -0.852. The Bertz CT molecular complexity index is 1110. The summed E-state index contributed by atoms with van der Waals surface area (Å²) in [5, 5.41) is 9.85. The molecule has 8 nitrogen and oxygen atoms in total. The minimum Gasteiger partial charge on any atom is -0.497 e. The zero-order chi connectivity index (χ0) is 21.3. The fraction of sp³-hybridized carbons (Fsp3) is 0.190. The molecule has 2 N–H and O–H groups in total. The first-order valence-electron chi connectivity index (χ1n) is 9.16. The van der Waals surface area contributed by atoms with Crippen LogP contribution in [0.1, 0.15) is 12.5 Å². The van der Waals surface area contributed by atoms with Crippen molar-refractivity contribution < 1.29 is 23.5 Å². The van der Waals surface area contributed by atoms with Crippen molar-refractivity contribution in [2.24, 2.45) is 0 Å². The molecule has 0 saturated heterocycles. The topological polar surface area (TPSA) is 94.5 Å². The lowest BCUT2D eigenvalue weighted by atomic mass is 10.1. The summed E-state index contributed by atoms with van der Waals surface area (Å²) in [4.78, 5) is 25.3. The van der Waals surface area contributed by atoms with Gasteiger partial charge in [0.05, 0.1) is 32.5 Å². The second kappa shape index (κ2) is 7.86. The normalized spacial score (nSPS) is 15.2. The van der Waals surface area contributed by atoms with Crippen LogP contribution >= 0.6 is 0 Å². The number of fused-ring (bicyclic) bond motifs is 1. The molecule has 0 unspecified atom stereocenters. The third-order valence-corrected chi connectivity index (χ3v) is 4.85. The standard InChI is InChI=1S/C21H19FN4O4/c1-29-14-7-8-16(18(9-14)30-2)24-21(28)17-10-19(27)25-20-15(11-23-26(17)20)12-3-5-13(22)6-4-12/h3-9,11,17H,10H2,1-2H3,(H,24,28)(H,25,27)/t17-/m1/s1. The number of nitrogens with zero attached hydrogens (tertiary/aromatic N) is 2. The maximum Gasteiger partial charge on any atom is 0.249 e. The van der Waals surface area contributed by atoms with Gasteiger partial charge in [0.25, 0.3) is 0 Å². The lowest BCUT2D eigenvalue weighted by Crippen LogP contribution is -2.35. The van der Waals surface area contributed by atoms with Crippen LogP contribution < -0.4 is 20.1 Å². The fourth-order valence-electron chi connectivity index (χ4n) is 3.33. The van der Waals surface area contributed by atoms with Crippen molar-refractivity contribution in [2.45, 2.75) is 12.5 Å². The van der Waals surface area contributed by atoms with Crippen molar-refractivity contribution in [3.63, 3.8) is 0 Å². The minimum absolute atomic E-state index is 0.0676. The quantitative estimate of drug-likeness (QED) is 0.674. The maximum atomic E-state index is 13.3. The first kappa shape index (κ1) is 19.4. The summed E-state index contributed by atoms with van der Waals surface area (Å²) >= 11 is 0. The summed E-state index contributed by atoms with van der Waals surface area (Å²) in [7, 11) is 3.02. The number of aromatic nitrogens is 2. The molecule has 3 aromatic rings. The monoisotopic (exact) mass is 410 g/mol. The Morgan fingerprint density at radius 2 is 1.97 bits per heavy atom. The van der Waals surface area contributed by atoms with Gasteiger partial charge in [0, 0.05) is 11.6 Å². The van der Waals surface area contributed by atoms with Gasteiger partial charge in [0.1, 0.15) is 29.2 Å². The van der Waals surface area contributed by atoms with Crippen LogP contribution in [0, 0.1) is 5.82 Å². The highest BCUT2D eigenvalue weighted by molar-refractivity contribution is 6.03. The molecule has 2 aromatic carbocycles. The van der Waals surface area contributed by atoms with Gasteiger partial charge in [-0.2, -0.15) is 5.10 Å². The molecule has 1 aromatic heterocycles. The largest absolute Gasteiger partial charge is 0.497 e. The summed E-state index contributed by atoms with van der Waals surface area (Å²) in [6.45, 7) is 0. The summed E-state index contributed by atoms with van der Waals surface area (Å²) in [6.07, 6.45) is 1.48. The zero-order valence-electron chi connectivity index (χ0n) is 16.3. The van der Waals surface area contributed by atoms with E-state index in [-0.39, 0.29) is 18.1 Å². The van der Waals surface area contributed by atoms with Crippen molar-refractivity contribution >= 4 is 23.3 Å². The third-order valence-electron chi connectivity index (χ3n) is 4.85. The Balaban J connectivity index is 1.64. The number of halogens is 1. The fourth-order valence-corrected chi connectivity index (χ4v) is 3.33. The van der Waals surface area contributed by atoms with Crippen molar-refractivity contribution in [2.75, 3.05) is 24.9 Å². The van der Waals surface area contributed by atoms with Gasteiger partial charge in [-0.3, -0.25) is 9.59 Å². The number of rotatable bonds is 5. The van der Waals surface area contributed by atoms with Crippen molar-refractivity contribution in [1.82, 2.24) is 9.78 Å². The predicted molar refractivity (Wildman–Crippen MR) is 108 cm³/mol. The van der Waals surface area contributed by atoms with Crippen molar-refractivity contribution in [3.05, 3.63) is 54.5 Å². The number of methoxy groups -OCH3 is 2. The number of hydrogen-bond donors (Lipinski definition) is 2. The van der Waals surface area contributed by atoms with E-state index in [9.17, 15) is 14.0 Å². The van der Waals surface area contributed by atoms with E-state index in [1.807, 2.05) is 0 Å². The first-order valence-corrected chi connectivity index (χ1v) is 9.16. The van der Waals surface area contributed by atoms with Crippen LogP contribution in [0.3, 0.4) is 0 Å². The molecule has 154 valence electrons. The SMILES string of the molecule is COc1ccc(NC(=O)[C@H]2CC(=O)Nc3c(-c4ccc(F)cc4)cnn32)c(OC)c1. The van der Waals surface area contributed by atoms with Crippen LogP contribution in [0.5, 0.6) is 11.5 Å². The average Bonchev–Trinajstić information content (AvgIpc) is 3.17. The number of carbonyl (C=O) groups is 2. The number of nitrogens with one attached hydrogen (secondary N) is 2. The highest BCUT2D eigenvalue weighted by Gasteiger charge is 2.33. The predicted octanol–water partition coefficient (Wildman–Crippen LogP) is 3.23. The summed E-state index contributed by atoms with van der Waals surface area (Å²) in [6, 6.07) is 9.97. The van der Waals surface area contributed by atoms with Crippen molar-refractivity contribution in [1.29, 1.82) is 0 Å². The highest BCUT2D eigenvalue weighted by Crippen LogP contribution is 2.35. The van der Waals surface area contributed by atoms with Crippen LogP contribution in [0.4, 0.5) is 15.9 Å². The number of amides is 2. The molecule has 4 rings (SSSR count). The average molecular weight is 410 g/mol. The molecule has 30 heavy (non-hydrogen) atoms. The summed E-state index contributed by atoms with van der Waals surface area (Å²) in [5.74, 6) is 0.307. The molecule has 0 spiro atoms. The van der Waals surface area contributed by atoms with E-state index < -0.39 is 11.9 Å². The lowest BCUT2D eigenvalue weighted by Gasteiger charge is -2.25. The Morgan fingerprint density at radius 1 is 1.20 bits per heavy atom. The Labute approximate surface area is 171 Å². The van der Waals surface area contributed by atoms with Crippen molar-refractivity contribution in [3.8, 4) is 22.6 Å². The van der Waals surface area contributed by atoms with E-state index in [0.717, 1.165) is 0 Å². The van der Waals surface area contributed by atoms with Gasteiger partial charge in [-0.1, -0.05) is 12.1 Å². The van der Waals surface area contributed by atoms with Gasteiger partial charge in [-0.25, -0.2) is 9.07 Å². The smallest absolute Gasteiger partial charge is 0.249 e. The molecule has 1 aliphatic heterocycles. The van der Waals surface area contributed by atoms with Gasteiger partial charge >= 0.3 is 0 Å². The first-order chi connectivity index (χ1) is 14.5. The van der Waals surface area contributed by atoms with Crippen LogP contribution in [0.15, 0.2) is 48.7 Å². The van der Waals surface area contributed by atoms with Gasteiger partial charge in [0.2, 0.25) is 11.8 Å². The maximum absolute atomic E-state index is 13.3. The van der Waals surface area contributed by atoms with Crippen LogP contribution in [-0.4, -0.2) is 35.8 Å². The molecule has 0 aliphatic carbocycles. The van der Waals surface area contributed by atoms with Crippen LogP contribution in [0.2, 0.25) is 0 Å². The zero-order valence-corrected chi connectivity index (χ0v) is 16.3. The van der Waals surface area contributed by atoms with Gasteiger partial charge in [-0.15, -0.1) is 0 Å². The lowest BCUT2D eigenvalue weighted by molar-refractivity contribution is -0.125. The molecule has 1 aliphatic rings. The second-order valence-electron chi connectivity index (χ2n) is 6.68. The van der Waals surface area contributed by atoms with Gasteiger partial charge in [-0.05, 0) is 29.8 Å². The van der Waals surface area contributed by atoms with E-state index in [1.54, 1.807) is 36.5 Å². The molecular weight excluding hydrogens is 391 g/mol. The Hall–Kier alpha value is -3.88. The molecule has 2 amide bonds. The Morgan fingerprint density at radius 3 is 2.67 bits per heavy atom. The van der Waals surface area contributed by atoms with E-state index >= 15 is 0 Å². The molecular formula is C21H19FN4O4.